The molecule has 3 rings (SSSR count). The zero-order valence-electron chi connectivity index (χ0n) is 40.9. The molecule has 370 valence electrons. The van der Waals surface area contributed by atoms with Gasteiger partial charge in [0, 0.05) is 65.5 Å². The van der Waals surface area contributed by atoms with Crippen LogP contribution in [0.4, 0.5) is 13.2 Å². The van der Waals surface area contributed by atoms with Gasteiger partial charge in [-0.15, -0.1) is 0 Å². The van der Waals surface area contributed by atoms with Crippen LogP contribution in [-0.2, 0) is 55.9 Å². The van der Waals surface area contributed by atoms with Crippen LogP contribution in [0.2, 0.25) is 0 Å². The van der Waals surface area contributed by atoms with E-state index in [2.05, 4.69) is 29.0 Å². The summed E-state index contributed by atoms with van der Waals surface area (Å²) < 4.78 is 48.3. The molecule has 1 N–H and O–H groups in total. The molecule has 0 spiro atoms. The number of aldehydes is 1. The molecule has 1 saturated heterocycles. The van der Waals surface area contributed by atoms with Crippen molar-refractivity contribution >= 4 is 35.8 Å². The number of nitrogens with one attached hydrogen (secondary N) is 1. The molecule has 0 radical (unpaired) electrons. The van der Waals surface area contributed by atoms with E-state index in [0.29, 0.717) is 19.5 Å². The number of likely N-dealkylation sites (tertiary alicyclic amines) is 1. The van der Waals surface area contributed by atoms with Gasteiger partial charge < -0.3 is 29.3 Å². The van der Waals surface area contributed by atoms with Gasteiger partial charge in [-0.3, -0.25) is 33.9 Å². The number of ketones is 1. The minimum Gasteiger partial charge on any atom is -0.467 e. The van der Waals surface area contributed by atoms with Crippen LogP contribution in [0.3, 0.4) is 0 Å². The summed E-state index contributed by atoms with van der Waals surface area (Å²) in [6.07, 6.45) is -1.03. The van der Waals surface area contributed by atoms with E-state index < -0.39 is 60.6 Å². The van der Waals surface area contributed by atoms with E-state index in [0.717, 1.165) is 24.0 Å². The second-order valence-electron chi connectivity index (χ2n) is 18.0. The number of esters is 1. The van der Waals surface area contributed by atoms with Crippen molar-refractivity contribution in [3.05, 3.63) is 66.0 Å². The topological polar surface area (TPSA) is 165 Å². The lowest BCUT2D eigenvalue weighted by Crippen LogP contribution is -2.55. The van der Waals surface area contributed by atoms with Crippen LogP contribution < -0.4 is 5.32 Å². The van der Waals surface area contributed by atoms with E-state index >= 15 is 0 Å². The molecular formula is C49H74F3N5O9. The molecule has 14 nitrogen and oxygen atoms in total. The molecular weight excluding hydrogens is 860 g/mol. The van der Waals surface area contributed by atoms with Crippen molar-refractivity contribution in [2.45, 2.75) is 136 Å². The summed E-state index contributed by atoms with van der Waals surface area (Å²) in [4.78, 5) is 87.9. The molecule has 1 aliphatic rings. The number of carbonyl (C=O) groups excluding carboxylic acids is 6. The van der Waals surface area contributed by atoms with Gasteiger partial charge in [-0.2, -0.15) is 13.2 Å². The smallest absolute Gasteiger partial charge is 0.446 e. The van der Waals surface area contributed by atoms with Gasteiger partial charge in [0.2, 0.25) is 24.0 Å². The Hall–Kier alpha value is -4.74. The third-order valence-corrected chi connectivity index (χ3v) is 12.6. The SMILES string of the molecule is CC[C@H](C)[C@@H]([C@@H](CC(=O)N1CCC[C@H]1[C@H](OC)[C@@H](C)C(=O)N[C@@H](Cc1ccccc1)C(=O)OC)OC)N(C)C(=O)[C@@H](CC(=O)[C@H](C(C)C)N(C)Cc1ccncc1)C(C)C.O=CC(F)(F)F. The van der Waals surface area contributed by atoms with Crippen molar-refractivity contribution in [2.75, 3.05) is 42.0 Å². The van der Waals surface area contributed by atoms with Gasteiger partial charge in [0.25, 0.3) is 0 Å². The van der Waals surface area contributed by atoms with Crippen molar-refractivity contribution in [1.82, 2.24) is 25.0 Å². The first-order valence-corrected chi connectivity index (χ1v) is 22.8. The number of pyridine rings is 1. The average Bonchev–Trinajstić information content (AvgIpc) is 3.77. The third-order valence-electron chi connectivity index (χ3n) is 12.6. The number of ether oxygens (including phenoxy) is 3. The van der Waals surface area contributed by atoms with Gasteiger partial charge in [0.1, 0.15) is 6.04 Å². The Morgan fingerprint density at radius 3 is 2.00 bits per heavy atom. The number of hydrogen-bond donors (Lipinski definition) is 1. The van der Waals surface area contributed by atoms with Crippen LogP contribution in [-0.4, -0.2) is 140 Å². The number of rotatable bonds is 24. The van der Waals surface area contributed by atoms with Crippen molar-refractivity contribution in [2.24, 2.45) is 29.6 Å². The molecule has 1 aromatic carbocycles. The summed E-state index contributed by atoms with van der Waals surface area (Å²) in [5.74, 6) is -2.58. The van der Waals surface area contributed by atoms with Gasteiger partial charge >= 0.3 is 12.1 Å². The average molecular weight is 934 g/mol. The molecule has 0 unspecified atom stereocenters. The second kappa shape index (κ2) is 27.8. The number of aromatic nitrogens is 1. The first-order chi connectivity index (χ1) is 31.1. The highest BCUT2D eigenvalue weighted by molar-refractivity contribution is 5.90. The first-order valence-electron chi connectivity index (χ1n) is 22.8. The number of amides is 3. The maximum atomic E-state index is 14.6. The number of halogens is 3. The highest BCUT2D eigenvalue weighted by Gasteiger charge is 2.44. The maximum absolute atomic E-state index is 14.6. The van der Waals surface area contributed by atoms with E-state index in [-0.39, 0.29) is 66.6 Å². The van der Waals surface area contributed by atoms with Gasteiger partial charge in [-0.05, 0) is 60.9 Å². The summed E-state index contributed by atoms with van der Waals surface area (Å²) in [5.41, 5.74) is 1.93. The number of likely N-dealkylation sites (N-methyl/N-ethyl adjacent to an activating group) is 2. The Labute approximate surface area is 389 Å². The fourth-order valence-corrected chi connectivity index (χ4v) is 9.00. The van der Waals surface area contributed by atoms with Gasteiger partial charge in [0.05, 0.1) is 49.8 Å². The zero-order chi connectivity index (χ0) is 49.9. The lowest BCUT2D eigenvalue weighted by molar-refractivity contribution is -0.156. The molecule has 0 aliphatic carbocycles. The van der Waals surface area contributed by atoms with Crippen LogP contribution in [0.5, 0.6) is 0 Å². The quantitative estimate of drug-likeness (QED) is 0.0924. The Morgan fingerprint density at radius 1 is 0.894 bits per heavy atom. The van der Waals surface area contributed by atoms with E-state index in [4.69, 9.17) is 19.0 Å². The first kappa shape index (κ1) is 57.4. The number of Topliss-reactive ketones (excluding diaryl/α,β-unsaturated/α-hetero) is 1. The number of nitrogens with zero attached hydrogens (tertiary/aromatic N) is 4. The number of benzene rings is 1. The Bertz CT molecular complexity index is 1820. The highest BCUT2D eigenvalue weighted by atomic mass is 19.4. The molecule has 1 fully saturated rings. The van der Waals surface area contributed by atoms with Crippen LogP contribution in [0.1, 0.15) is 91.7 Å². The lowest BCUT2D eigenvalue weighted by atomic mass is 9.83. The Balaban J connectivity index is 0.00000233. The predicted molar refractivity (Wildman–Crippen MR) is 245 cm³/mol. The maximum Gasteiger partial charge on any atom is 0.446 e. The number of methoxy groups -OCH3 is 3. The van der Waals surface area contributed by atoms with Gasteiger partial charge in [-0.1, -0.05) is 85.2 Å². The molecule has 2 aromatic rings. The summed E-state index contributed by atoms with van der Waals surface area (Å²) in [7, 11) is 8.11. The van der Waals surface area contributed by atoms with E-state index in [9.17, 15) is 37.1 Å². The van der Waals surface area contributed by atoms with Crippen molar-refractivity contribution in [1.29, 1.82) is 0 Å². The normalized spacial score (nSPS) is 17.7. The van der Waals surface area contributed by atoms with E-state index in [1.807, 2.05) is 77.2 Å². The number of carbonyl (C=O) groups is 6. The van der Waals surface area contributed by atoms with Crippen LogP contribution in [0, 0.1) is 29.6 Å². The predicted octanol–water partition coefficient (Wildman–Crippen LogP) is 6.34. The third kappa shape index (κ3) is 17.2. The number of alkyl halides is 3. The molecule has 66 heavy (non-hydrogen) atoms. The monoisotopic (exact) mass is 934 g/mol. The Morgan fingerprint density at radius 2 is 1.50 bits per heavy atom. The summed E-state index contributed by atoms with van der Waals surface area (Å²) >= 11 is 0. The minimum absolute atomic E-state index is 0.0125. The van der Waals surface area contributed by atoms with E-state index in [1.54, 1.807) is 43.3 Å². The molecule has 2 heterocycles. The van der Waals surface area contributed by atoms with Crippen LogP contribution in [0.15, 0.2) is 54.9 Å². The zero-order valence-corrected chi connectivity index (χ0v) is 40.9. The van der Waals surface area contributed by atoms with Gasteiger partial charge in [0.15, 0.2) is 5.78 Å². The summed E-state index contributed by atoms with van der Waals surface area (Å²) in [6, 6.07) is 11.2. The molecule has 1 aliphatic heterocycles. The van der Waals surface area contributed by atoms with Gasteiger partial charge in [-0.25, -0.2) is 4.79 Å². The molecule has 17 heteroatoms. The van der Waals surface area contributed by atoms with Crippen molar-refractivity contribution in [3.8, 4) is 0 Å². The molecule has 3 amide bonds. The fourth-order valence-electron chi connectivity index (χ4n) is 9.00. The lowest BCUT2D eigenvalue weighted by Gasteiger charge is -2.41. The minimum atomic E-state index is -4.64. The van der Waals surface area contributed by atoms with E-state index in [1.165, 1.54) is 14.2 Å². The van der Waals surface area contributed by atoms with Crippen LogP contribution >= 0.6 is 0 Å². The summed E-state index contributed by atoms with van der Waals surface area (Å²) in [5, 5.41) is 2.87. The summed E-state index contributed by atoms with van der Waals surface area (Å²) in [6.45, 7) is 14.9. The molecule has 0 saturated carbocycles. The van der Waals surface area contributed by atoms with Crippen molar-refractivity contribution in [3.63, 3.8) is 0 Å². The Kier molecular flexibility index (Phi) is 24.2. The van der Waals surface area contributed by atoms with Crippen LogP contribution in [0.25, 0.3) is 0 Å². The highest BCUT2D eigenvalue weighted by Crippen LogP contribution is 2.31. The fraction of sp³-hybridized carbons (Fsp3) is 0.653. The number of hydrogen-bond acceptors (Lipinski definition) is 11. The standard InChI is InChI=1S/C47H73N5O8.C2HF3O/c1-13-32(6)43(51(9)46(56)36(30(2)3)27-39(53)42(31(4)5)50(8)29-35-21-23-48-24-22-35)40(58-10)28-41(54)52-25-17-20-38(52)44(59-11)33(7)45(55)49-37(47(57)60-12)26-34-18-15-14-16-19-34;3-2(4,5)1-6/h14-16,18-19,21-24,30-33,36-38,40,42-44H,13,17,20,25-29H2,1-12H3,(H,49,55);1H/t32-,33+,36-,37-,38-,40+,42-,43-,44+;/m0./s1. The second-order valence-corrected chi connectivity index (χ2v) is 18.0. The molecule has 1 aromatic heterocycles. The molecule has 0 bridgehead atoms. The molecule has 9 atom stereocenters. The largest absolute Gasteiger partial charge is 0.467 e. The van der Waals surface area contributed by atoms with Crippen molar-refractivity contribution < 1.29 is 56.1 Å².